The van der Waals surface area contributed by atoms with Crippen molar-refractivity contribution in [2.45, 2.75) is 4.90 Å². The molecule has 0 saturated carbocycles. The average molecular weight is 275 g/mol. The number of rotatable bonds is 2. The van der Waals surface area contributed by atoms with Crippen molar-refractivity contribution in [1.29, 1.82) is 5.26 Å². The maximum absolute atomic E-state index is 10.9. The van der Waals surface area contributed by atoms with Gasteiger partial charge in [0.05, 0.1) is 11.6 Å². The van der Waals surface area contributed by atoms with Crippen LogP contribution in [0.2, 0.25) is 0 Å². The van der Waals surface area contributed by atoms with Crippen LogP contribution in [0.25, 0.3) is 11.1 Å². The predicted octanol–water partition coefficient (Wildman–Crippen LogP) is 2.18. The first kappa shape index (κ1) is 13.1. The second-order valence-electron chi connectivity index (χ2n) is 3.85. The van der Waals surface area contributed by atoms with Gasteiger partial charge in [0.1, 0.15) is 10.6 Å². The number of aromatic hydroxyl groups is 1. The number of nitrogens with zero attached hydrogens (tertiary/aromatic N) is 1. The molecule has 0 radical (unpaired) electrons. The van der Waals surface area contributed by atoms with Gasteiger partial charge in [-0.15, -0.1) is 0 Å². The Kier molecular flexibility index (Phi) is 3.25. The van der Waals surface area contributed by atoms with Crippen LogP contribution >= 0.6 is 0 Å². The second kappa shape index (κ2) is 4.72. The van der Waals surface area contributed by atoms with Gasteiger partial charge in [-0.3, -0.25) is 4.55 Å². The summed E-state index contributed by atoms with van der Waals surface area (Å²) in [5.74, 6) is -0.524. The number of nitriles is 1. The molecule has 2 rings (SSSR count). The summed E-state index contributed by atoms with van der Waals surface area (Å²) < 4.78 is 30.8. The van der Waals surface area contributed by atoms with Crippen molar-refractivity contribution in [3.05, 3.63) is 48.0 Å². The topological polar surface area (TPSA) is 98.4 Å². The summed E-state index contributed by atoms with van der Waals surface area (Å²) in [6.07, 6.45) is 0. The third kappa shape index (κ3) is 2.73. The molecule has 0 aliphatic carbocycles. The van der Waals surface area contributed by atoms with E-state index >= 15 is 0 Å². The summed E-state index contributed by atoms with van der Waals surface area (Å²) in [4.78, 5) is -0.537. The summed E-state index contributed by atoms with van der Waals surface area (Å²) in [5, 5.41) is 18.3. The van der Waals surface area contributed by atoms with Crippen LogP contribution in [-0.2, 0) is 10.1 Å². The highest BCUT2D eigenvalue weighted by atomic mass is 32.2. The lowest BCUT2D eigenvalue weighted by molar-refractivity contribution is 0.443. The molecule has 0 bridgehead atoms. The molecule has 0 aromatic heterocycles. The third-order valence-corrected chi connectivity index (χ3v) is 3.49. The predicted molar refractivity (Wildman–Crippen MR) is 68.1 cm³/mol. The van der Waals surface area contributed by atoms with Crippen LogP contribution in [0.3, 0.4) is 0 Å². The minimum Gasteiger partial charge on any atom is -0.506 e. The van der Waals surface area contributed by atoms with Crippen LogP contribution in [-0.4, -0.2) is 18.1 Å². The quantitative estimate of drug-likeness (QED) is 0.818. The van der Waals surface area contributed by atoms with Gasteiger partial charge in [0.2, 0.25) is 0 Å². The Hall–Kier alpha value is -2.36. The van der Waals surface area contributed by atoms with E-state index < -0.39 is 20.8 Å². The molecule has 0 aliphatic heterocycles. The second-order valence-corrected chi connectivity index (χ2v) is 5.24. The summed E-state index contributed by atoms with van der Waals surface area (Å²) in [6, 6.07) is 12.4. The summed E-state index contributed by atoms with van der Waals surface area (Å²) in [5.41, 5.74) is 1.80. The monoisotopic (exact) mass is 275 g/mol. The highest BCUT2D eigenvalue weighted by molar-refractivity contribution is 7.86. The largest absolute Gasteiger partial charge is 0.506 e. The van der Waals surface area contributed by atoms with Crippen LogP contribution in [0.5, 0.6) is 5.75 Å². The van der Waals surface area contributed by atoms with Crippen LogP contribution in [0, 0.1) is 11.3 Å². The molecule has 0 fully saturated rings. The van der Waals surface area contributed by atoms with Crippen molar-refractivity contribution in [1.82, 2.24) is 0 Å². The van der Waals surface area contributed by atoms with Crippen LogP contribution in [0.1, 0.15) is 5.56 Å². The van der Waals surface area contributed by atoms with Gasteiger partial charge in [-0.1, -0.05) is 18.2 Å². The molecule has 0 unspecified atom stereocenters. The Bertz CT molecular complexity index is 758. The van der Waals surface area contributed by atoms with Crippen molar-refractivity contribution in [2.24, 2.45) is 0 Å². The molecule has 5 nitrogen and oxygen atoms in total. The van der Waals surface area contributed by atoms with E-state index in [9.17, 15) is 13.5 Å². The van der Waals surface area contributed by atoms with E-state index in [0.717, 1.165) is 11.6 Å². The van der Waals surface area contributed by atoms with Crippen molar-refractivity contribution >= 4 is 10.1 Å². The van der Waals surface area contributed by atoms with Crippen molar-refractivity contribution in [3.8, 4) is 22.9 Å². The zero-order chi connectivity index (χ0) is 14.0. The lowest BCUT2D eigenvalue weighted by atomic mass is 10.0. The normalized spacial score (nSPS) is 10.9. The molecule has 2 N–H and O–H groups in total. The molecule has 0 spiro atoms. The lowest BCUT2D eigenvalue weighted by Crippen LogP contribution is -1.98. The summed E-state index contributed by atoms with van der Waals surface area (Å²) in [7, 11) is -4.44. The Labute approximate surface area is 110 Å². The summed E-state index contributed by atoms with van der Waals surface area (Å²) in [6.45, 7) is 0. The Morgan fingerprint density at radius 1 is 1.00 bits per heavy atom. The van der Waals surface area contributed by atoms with E-state index in [0.29, 0.717) is 11.1 Å². The molecule has 0 saturated heterocycles. The number of benzene rings is 2. The number of hydrogen-bond acceptors (Lipinski definition) is 4. The molecule has 0 aliphatic rings. The van der Waals surface area contributed by atoms with Gasteiger partial charge in [0.25, 0.3) is 10.1 Å². The van der Waals surface area contributed by atoms with Gasteiger partial charge in [0.15, 0.2) is 0 Å². The van der Waals surface area contributed by atoms with E-state index in [1.54, 1.807) is 24.3 Å². The van der Waals surface area contributed by atoms with E-state index in [1.165, 1.54) is 12.1 Å². The fourth-order valence-electron chi connectivity index (χ4n) is 1.65. The first-order valence-corrected chi connectivity index (χ1v) is 6.67. The Morgan fingerprint density at radius 2 is 1.58 bits per heavy atom. The molecule has 2 aromatic carbocycles. The molecule has 2 aromatic rings. The highest BCUT2D eigenvalue weighted by Gasteiger charge is 2.15. The first-order valence-electron chi connectivity index (χ1n) is 5.23. The first-order chi connectivity index (χ1) is 8.91. The van der Waals surface area contributed by atoms with Gasteiger partial charge >= 0.3 is 0 Å². The molecular formula is C13H9NO4S. The van der Waals surface area contributed by atoms with Gasteiger partial charge in [-0.25, -0.2) is 0 Å². The standard InChI is InChI=1S/C13H9NO4S/c14-8-9-1-3-10(4-2-9)11-5-6-13(12(15)7-11)19(16,17)18/h1-7,15H,(H,16,17,18). The van der Waals surface area contributed by atoms with Crippen molar-refractivity contribution in [3.63, 3.8) is 0 Å². The van der Waals surface area contributed by atoms with Crippen LogP contribution in [0.4, 0.5) is 0 Å². The smallest absolute Gasteiger partial charge is 0.298 e. The van der Waals surface area contributed by atoms with E-state index in [4.69, 9.17) is 9.81 Å². The molecule has 96 valence electrons. The SMILES string of the molecule is N#Cc1ccc(-c2ccc(S(=O)(=O)O)c(O)c2)cc1. The number of phenols is 1. The molecular weight excluding hydrogens is 266 g/mol. The molecule has 6 heteroatoms. The van der Waals surface area contributed by atoms with Crippen molar-refractivity contribution < 1.29 is 18.1 Å². The fraction of sp³-hybridized carbons (Fsp3) is 0. The summed E-state index contributed by atoms with van der Waals surface area (Å²) >= 11 is 0. The fourth-order valence-corrected chi connectivity index (χ4v) is 2.22. The van der Waals surface area contributed by atoms with Crippen LogP contribution in [0.15, 0.2) is 47.4 Å². The number of hydrogen-bond donors (Lipinski definition) is 2. The minimum absolute atomic E-state index is 0.502. The molecule has 0 atom stereocenters. The molecule has 19 heavy (non-hydrogen) atoms. The van der Waals surface area contributed by atoms with Gasteiger partial charge in [-0.2, -0.15) is 13.7 Å². The van der Waals surface area contributed by atoms with E-state index in [1.807, 2.05) is 6.07 Å². The Balaban J connectivity index is 2.48. The van der Waals surface area contributed by atoms with Gasteiger partial charge in [0, 0.05) is 0 Å². The Morgan fingerprint density at radius 3 is 2.05 bits per heavy atom. The maximum atomic E-state index is 10.9. The maximum Gasteiger partial charge on any atom is 0.298 e. The molecule has 0 amide bonds. The third-order valence-electron chi connectivity index (χ3n) is 2.58. The zero-order valence-corrected chi connectivity index (χ0v) is 10.4. The zero-order valence-electron chi connectivity index (χ0n) is 9.61. The van der Waals surface area contributed by atoms with Gasteiger partial charge < -0.3 is 5.11 Å². The molecule has 0 heterocycles. The average Bonchev–Trinajstić information content (AvgIpc) is 2.37. The van der Waals surface area contributed by atoms with E-state index in [-0.39, 0.29) is 0 Å². The number of phenolic OH excluding ortho intramolecular Hbond substituents is 1. The van der Waals surface area contributed by atoms with Crippen LogP contribution < -0.4 is 0 Å². The highest BCUT2D eigenvalue weighted by Crippen LogP contribution is 2.29. The van der Waals surface area contributed by atoms with E-state index in [2.05, 4.69) is 0 Å². The van der Waals surface area contributed by atoms with Crippen molar-refractivity contribution in [2.75, 3.05) is 0 Å². The minimum atomic E-state index is -4.44. The van der Waals surface area contributed by atoms with Gasteiger partial charge in [-0.05, 0) is 35.4 Å². The lowest BCUT2D eigenvalue weighted by Gasteiger charge is -2.05.